The number of carbonyl (C=O) groups excluding carboxylic acids is 1. The predicted molar refractivity (Wildman–Crippen MR) is 119 cm³/mol. The van der Waals surface area contributed by atoms with Crippen molar-refractivity contribution in [3.05, 3.63) is 78.1 Å². The van der Waals surface area contributed by atoms with Gasteiger partial charge in [-0.2, -0.15) is 5.10 Å². The molecule has 31 heavy (non-hydrogen) atoms. The lowest BCUT2D eigenvalue weighted by molar-refractivity contribution is 0.109. The number of aromatic nitrogens is 3. The number of benzene rings is 1. The summed E-state index contributed by atoms with van der Waals surface area (Å²) in [4.78, 5) is 19.1. The molecular weight excluding hydrogens is 392 g/mol. The van der Waals surface area contributed by atoms with Gasteiger partial charge in [0.05, 0.1) is 29.3 Å². The maximum Gasteiger partial charge on any atom is 0.414 e. The summed E-state index contributed by atoms with van der Waals surface area (Å²) >= 11 is 0. The van der Waals surface area contributed by atoms with Crippen LogP contribution in [0.4, 0.5) is 4.79 Å². The van der Waals surface area contributed by atoms with Crippen molar-refractivity contribution < 1.29 is 9.53 Å². The third-order valence-electron chi connectivity index (χ3n) is 5.04. The largest absolute Gasteiger partial charge is 0.444 e. The molecule has 4 rings (SSSR count). The van der Waals surface area contributed by atoms with Crippen LogP contribution < -0.4 is 5.32 Å². The van der Waals surface area contributed by atoms with E-state index >= 15 is 0 Å². The number of hydrogen-bond acceptors (Lipinski definition) is 6. The van der Waals surface area contributed by atoms with Crippen LogP contribution in [0, 0.1) is 5.41 Å². The molecule has 158 valence electrons. The van der Waals surface area contributed by atoms with Gasteiger partial charge in [0.15, 0.2) is 0 Å². The van der Waals surface area contributed by atoms with Crippen molar-refractivity contribution in [2.75, 3.05) is 13.6 Å². The molecule has 0 saturated heterocycles. The lowest BCUT2D eigenvalue weighted by atomic mass is 10.0. The van der Waals surface area contributed by atoms with Gasteiger partial charge in [-0.1, -0.05) is 30.3 Å². The first-order chi connectivity index (χ1) is 15.2. The molecule has 0 unspecified atom stereocenters. The van der Waals surface area contributed by atoms with E-state index in [1.807, 2.05) is 42.6 Å². The summed E-state index contributed by atoms with van der Waals surface area (Å²) in [7, 11) is 1.78. The highest BCUT2D eigenvalue weighted by molar-refractivity contribution is 6.07. The molecule has 0 aliphatic carbocycles. The predicted octanol–water partition coefficient (Wildman–Crippen LogP) is 3.71. The Bertz CT molecular complexity index is 1150. The monoisotopic (exact) mass is 416 g/mol. The zero-order valence-corrected chi connectivity index (χ0v) is 17.3. The van der Waals surface area contributed by atoms with Gasteiger partial charge in [-0.05, 0) is 30.0 Å². The van der Waals surface area contributed by atoms with Crippen molar-refractivity contribution >= 4 is 29.0 Å². The Hall–Kier alpha value is -3.94. The van der Waals surface area contributed by atoms with E-state index in [0.717, 1.165) is 35.2 Å². The highest BCUT2D eigenvalue weighted by atomic mass is 16.6. The van der Waals surface area contributed by atoms with Gasteiger partial charge in [-0.15, -0.1) is 0 Å². The van der Waals surface area contributed by atoms with Gasteiger partial charge in [-0.25, -0.2) is 14.3 Å². The number of nitrogens with zero attached hydrogens (tertiary/aromatic N) is 4. The van der Waals surface area contributed by atoms with Crippen molar-refractivity contribution in [1.29, 1.82) is 5.41 Å². The van der Waals surface area contributed by atoms with E-state index in [1.165, 1.54) is 6.21 Å². The minimum atomic E-state index is -0.378. The highest BCUT2D eigenvalue weighted by Crippen LogP contribution is 2.28. The number of allylic oxidation sites excluding steroid dienone is 2. The van der Waals surface area contributed by atoms with Crippen molar-refractivity contribution in [2.24, 2.45) is 0 Å². The Labute approximate surface area is 180 Å². The van der Waals surface area contributed by atoms with E-state index in [1.54, 1.807) is 35.1 Å². The SMILES string of the molecule is CN/C=C(\C=N)c1cn2nccc2c(C2=CN(C(=O)OCc3ccccc3)CCC2)n1. The number of carbonyl (C=O) groups is 1. The molecule has 0 atom stereocenters. The minimum Gasteiger partial charge on any atom is -0.444 e. The van der Waals surface area contributed by atoms with Crippen LogP contribution in [-0.4, -0.2) is 45.4 Å². The summed E-state index contributed by atoms with van der Waals surface area (Å²) in [5.41, 5.74) is 4.74. The second kappa shape index (κ2) is 9.25. The first-order valence-electron chi connectivity index (χ1n) is 10.1. The van der Waals surface area contributed by atoms with E-state index < -0.39 is 0 Å². The Morgan fingerprint density at radius 2 is 2.13 bits per heavy atom. The molecule has 0 fully saturated rings. The topological polar surface area (TPSA) is 95.6 Å². The molecule has 0 saturated carbocycles. The molecule has 3 aromatic rings. The Balaban J connectivity index is 1.63. The lowest BCUT2D eigenvalue weighted by Gasteiger charge is -2.24. The van der Waals surface area contributed by atoms with Crippen LogP contribution in [0.2, 0.25) is 0 Å². The average molecular weight is 416 g/mol. The second-order valence-electron chi connectivity index (χ2n) is 7.16. The van der Waals surface area contributed by atoms with Crippen LogP contribution in [-0.2, 0) is 11.3 Å². The molecule has 0 spiro atoms. The number of hydrogen-bond donors (Lipinski definition) is 2. The normalized spacial score (nSPS) is 14.3. The third-order valence-corrected chi connectivity index (χ3v) is 5.04. The average Bonchev–Trinajstić information content (AvgIpc) is 3.30. The highest BCUT2D eigenvalue weighted by Gasteiger charge is 2.22. The Morgan fingerprint density at radius 1 is 1.29 bits per heavy atom. The molecule has 2 N–H and O–H groups in total. The number of amides is 1. The van der Waals surface area contributed by atoms with Crippen LogP contribution in [0.3, 0.4) is 0 Å². The molecular formula is C23H24N6O2. The summed E-state index contributed by atoms with van der Waals surface area (Å²) in [5.74, 6) is 0. The molecule has 0 bridgehead atoms. The van der Waals surface area contributed by atoms with E-state index in [0.29, 0.717) is 17.8 Å². The molecule has 0 radical (unpaired) electrons. The van der Waals surface area contributed by atoms with Gasteiger partial charge in [0.2, 0.25) is 0 Å². The zero-order chi connectivity index (χ0) is 21.6. The van der Waals surface area contributed by atoms with Gasteiger partial charge in [0.1, 0.15) is 6.61 Å². The zero-order valence-electron chi connectivity index (χ0n) is 17.3. The van der Waals surface area contributed by atoms with Crippen molar-refractivity contribution in [3.8, 4) is 0 Å². The van der Waals surface area contributed by atoms with Gasteiger partial charge in [-0.3, -0.25) is 4.90 Å². The minimum absolute atomic E-state index is 0.234. The Morgan fingerprint density at radius 3 is 2.90 bits per heavy atom. The van der Waals surface area contributed by atoms with Crippen LogP contribution in [0.15, 0.2) is 61.2 Å². The maximum absolute atomic E-state index is 12.6. The van der Waals surface area contributed by atoms with E-state index in [2.05, 4.69) is 10.4 Å². The van der Waals surface area contributed by atoms with Gasteiger partial charge in [0.25, 0.3) is 0 Å². The van der Waals surface area contributed by atoms with Crippen molar-refractivity contribution in [3.63, 3.8) is 0 Å². The van der Waals surface area contributed by atoms with Gasteiger partial charge >= 0.3 is 6.09 Å². The fraction of sp³-hybridized carbons (Fsp3) is 0.217. The van der Waals surface area contributed by atoms with Gasteiger partial charge in [0, 0.05) is 37.8 Å². The van der Waals surface area contributed by atoms with Crippen LogP contribution in [0.5, 0.6) is 0 Å². The summed E-state index contributed by atoms with van der Waals surface area (Å²) in [6.45, 7) is 0.829. The summed E-state index contributed by atoms with van der Waals surface area (Å²) in [6.07, 6.45) is 9.52. The first kappa shape index (κ1) is 20.3. The fourth-order valence-corrected chi connectivity index (χ4v) is 3.53. The molecule has 1 amide bonds. The van der Waals surface area contributed by atoms with Crippen molar-refractivity contribution in [1.82, 2.24) is 24.8 Å². The van der Waals surface area contributed by atoms with Gasteiger partial charge < -0.3 is 15.5 Å². The summed E-state index contributed by atoms with van der Waals surface area (Å²) in [6, 6.07) is 11.5. The molecule has 8 nitrogen and oxygen atoms in total. The standard InChI is InChI=1S/C23H24N6O2/c1-25-13-19(12-24)20-15-29-21(9-10-26-29)22(27-20)18-8-5-11-28(14-18)23(30)31-16-17-6-3-2-4-7-17/h2-4,6-7,9-10,12-15,24-25H,5,8,11,16H2,1H3/b19-13+,24-12?. The molecule has 8 heteroatoms. The summed E-state index contributed by atoms with van der Waals surface area (Å²) < 4.78 is 7.24. The van der Waals surface area contributed by atoms with E-state index in [4.69, 9.17) is 15.1 Å². The van der Waals surface area contributed by atoms with Crippen LogP contribution in [0.25, 0.3) is 16.7 Å². The quantitative estimate of drug-likeness (QED) is 0.597. The molecule has 1 aromatic carbocycles. The van der Waals surface area contributed by atoms with E-state index in [9.17, 15) is 4.79 Å². The molecule has 3 heterocycles. The molecule has 1 aliphatic heterocycles. The van der Waals surface area contributed by atoms with Crippen LogP contribution >= 0.6 is 0 Å². The second-order valence-corrected chi connectivity index (χ2v) is 7.16. The van der Waals surface area contributed by atoms with Crippen LogP contribution in [0.1, 0.15) is 29.8 Å². The Kier molecular flexibility index (Phi) is 6.07. The lowest BCUT2D eigenvalue weighted by Crippen LogP contribution is -2.30. The number of nitrogens with one attached hydrogen (secondary N) is 2. The van der Waals surface area contributed by atoms with Crippen molar-refractivity contribution in [2.45, 2.75) is 19.4 Å². The maximum atomic E-state index is 12.6. The molecule has 1 aliphatic rings. The fourth-order valence-electron chi connectivity index (χ4n) is 3.53. The number of rotatable bonds is 6. The summed E-state index contributed by atoms with van der Waals surface area (Å²) in [5, 5.41) is 15.0. The third kappa shape index (κ3) is 4.48. The van der Waals surface area contributed by atoms with E-state index in [-0.39, 0.29) is 12.7 Å². The number of ether oxygens (including phenoxy) is 1. The smallest absolute Gasteiger partial charge is 0.414 e. The number of fused-ring (bicyclic) bond motifs is 1. The molecule has 2 aromatic heterocycles. The first-order valence-corrected chi connectivity index (χ1v) is 10.1.